The highest BCUT2D eigenvalue weighted by atomic mass is 16.5. The molecular weight excluding hydrogens is 366 g/mol. The molecule has 0 aliphatic carbocycles. The number of methoxy groups -OCH3 is 1. The summed E-state index contributed by atoms with van der Waals surface area (Å²) < 4.78 is 10.7. The number of esters is 1. The third-order valence-electron chi connectivity index (χ3n) is 4.61. The number of fused-ring (bicyclic) bond motifs is 1. The lowest BCUT2D eigenvalue weighted by atomic mass is 10.0. The van der Waals surface area contributed by atoms with Gasteiger partial charge in [0.25, 0.3) is 0 Å². The van der Waals surface area contributed by atoms with E-state index < -0.39 is 5.97 Å². The Bertz CT molecular complexity index is 1260. The van der Waals surface area contributed by atoms with Gasteiger partial charge in [-0.1, -0.05) is 24.3 Å². The van der Waals surface area contributed by atoms with Crippen molar-refractivity contribution in [1.29, 1.82) is 5.26 Å². The van der Waals surface area contributed by atoms with E-state index in [2.05, 4.69) is 16.0 Å². The first-order valence-corrected chi connectivity index (χ1v) is 8.95. The minimum absolute atomic E-state index is 0.362. The molecule has 0 atom stereocenters. The van der Waals surface area contributed by atoms with Crippen molar-refractivity contribution in [2.75, 3.05) is 7.11 Å². The third-order valence-corrected chi connectivity index (χ3v) is 4.61. The number of aromatic amines is 1. The highest BCUT2D eigenvalue weighted by molar-refractivity contribution is 5.92. The Balaban J connectivity index is 1.68. The largest absolute Gasteiger partial charge is 0.465 e. The zero-order valence-corrected chi connectivity index (χ0v) is 15.9. The van der Waals surface area contributed by atoms with E-state index in [1.807, 2.05) is 43.3 Å². The number of carbonyl (C=O) groups excluding carboxylic acids is 1. The molecule has 0 bridgehead atoms. The third kappa shape index (κ3) is 3.54. The fraction of sp³-hybridized carbons (Fsp3) is 0.0870. The number of nitrogens with zero attached hydrogens (tertiary/aromatic N) is 2. The van der Waals surface area contributed by atoms with E-state index >= 15 is 0 Å². The molecule has 29 heavy (non-hydrogen) atoms. The van der Waals surface area contributed by atoms with E-state index in [1.54, 1.807) is 24.3 Å². The maximum absolute atomic E-state index is 11.9. The number of furan rings is 1. The molecule has 1 N–H and O–H groups in total. The van der Waals surface area contributed by atoms with Crippen molar-refractivity contribution < 1.29 is 13.9 Å². The van der Waals surface area contributed by atoms with Gasteiger partial charge in [-0.3, -0.25) is 0 Å². The number of hydrogen-bond donors (Lipinski definition) is 1. The predicted octanol–water partition coefficient (Wildman–Crippen LogP) is 4.98. The zero-order valence-electron chi connectivity index (χ0n) is 15.9. The van der Waals surface area contributed by atoms with Gasteiger partial charge in [0.1, 0.15) is 23.4 Å². The van der Waals surface area contributed by atoms with Crippen molar-refractivity contribution in [1.82, 2.24) is 9.97 Å². The molecule has 4 aromatic rings. The Morgan fingerprint density at radius 2 is 2.03 bits per heavy atom. The van der Waals surface area contributed by atoms with Crippen LogP contribution >= 0.6 is 0 Å². The molecule has 0 aliphatic heterocycles. The topological polar surface area (TPSA) is 91.9 Å². The summed E-state index contributed by atoms with van der Waals surface area (Å²) in [6.07, 6.45) is 1.64. The fourth-order valence-corrected chi connectivity index (χ4v) is 3.07. The normalized spacial score (nSPS) is 11.4. The van der Waals surface area contributed by atoms with Crippen LogP contribution in [-0.4, -0.2) is 23.0 Å². The number of para-hydroxylation sites is 2. The lowest BCUT2D eigenvalue weighted by Gasteiger charge is -2.05. The summed E-state index contributed by atoms with van der Waals surface area (Å²) in [5, 5.41) is 9.57. The second-order valence-electron chi connectivity index (χ2n) is 6.50. The van der Waals surface area contributed by atoms with Crippen LogP contribution in [0.1, 0.15) is 27.5 Å². The highest BCUT2D eigenvalue weighted by Gasteiger charge is 2.13. The van der Waals surface area contributed by atoms with Gasteiger partial charge in [0.2, 0.25) is 0 Å². The summed E-state index contributed by atoms with van der Waals surface area (Å²) in [5.74, 6) is 1.18. The molecule has 0 saturated heterocycles. The van der Waals surface area contributed by atoms with E-state index in [9.17, 15) is 10.1 Å². The van der Waals surface area contributed by atoms with Gasteiger partial charge in [-0.05, 0) is 42.8 Å². The number of aromatic nitrogens is 2. The number of carbonyl (C=O) groups is 1. The van der Waals surface area contributed by atoms with Crippen molar-refractivity contribution in [3.05, 3.63) is 77.3 Å². The second-order valence-corrected chi connectivity index (χ2v) is 6.50. The van der Waals surface area contributed by atoms with Crippen LogP contribution in [-0.2, 0) is 4.74 Å². The van der Waals surface area contributed by atoms with Crippen LogP contribution in [0.2, 0.25) is 0 Å². The van der Waals surface area contributed by atoms with Crippen LogP contribution in [0.4, 0.5) is 0 Å². The van der Waals surface area contributed by atoms with Crippen LogP contribution < -0.4 is 0 Å². The summed E-state index contributed by atoms with van der Waals surface area (Å²) >= 11 is 0. The molecule has 6 nitrogen and oxygen atoms in total. The summed E-state index contributed by atoms with van der Waals surface area (Å²) in [5.41, 5.74) is 4.07. The number of rotatable bonds is 4. The summed E-state index contributed by atoms with van der Waals surface area (Å²) in [7, 11) is 1.35. The summed E-state index contributed by atoms with van der Waals surface area (Å²) in [4.78, 5) is 19.5. The van der Waals surface area contributed by atoms with E-state index in [1.165, 1.54) is 7.11 Å². The molecule has 0 radical (unpaired) electrons. The Morgan fingerprint density at radius 3 is 2.79 bits per heavy atom. The zero-order chi connectivity index (χ0) is 20.4. The van der Waals surface area contributed by atoms with E-state index in [0.717, 1.165) is 22.2 Å². The van der Waals surface area contributed by atoms with Crippen molar-refractivity contribution in [2.45, 2.75) is 6.92 Å². The molecule has 2 heterocycles. The smallest absolute Gasteiger partial charge is 0.338 e. The number of nitriles is 1. The van der Waals surface area contributed by atoms with Crippen molar-refractivity contribution >= 4 is 28.7 Å². The molecule has 6 heteroatoms. The number of allylic oxidation sites excluding steroid dienone is 1. The summed E-state index contributed by atoms with van der Waals surface area (Å²) in [6.45, 7) is 1.85. The minimum atomic E-state index is -0.396. The molecule has 0 unspecified atom stereocenters. The Hall–Kier alpha value is -4.11. The molecular formula is C23H17N3O3. The van der Waals surface area contributed by atoms with E-state index in [4.69, 9.17) is 9.15 Å². The number of aryl methyl sites for hydroxylation is 1. The Kier molecular flexibility index (Phi) is 4.71. The molecule has 0 aliphatic rings. The van der Waals surface area contributed by atoms with Crippen LogP contribution in [0.25, 0.3) is 34.0 Å². The quantitative estimate of drug-likeness (QED) is 0.396. The number of H-pyrrole nitrogens is 1. The maximum Gasteiger partial charge on any atom is 0.338 e. The van der Waals surface area contributed by atoms with Gasteiger partial charge in [0.15, 0.2) is 0 Å². The average Bonchev–Trinajstić information content (AvgIpc) is 3.38. The molecule has 0 saturated carbocycles. The van der Waals surface area contributed by atoms with Crippen molar-refractivity contribution in [3.8, 4) is 17.4 Å². The summed E-state index contributed by atoms with van der Waals surface area (Å²) in [6, 6.07) is 18.8. The molecule has 2 aromatic carbocycles. The second kappa shape index (κ2) is 7.49. The van der Waals surface area contributed by atoms with Gasteiger partial charge in [-0.25, -0.2) is 9.78 Å². The Morgan fingerprint density at radius 1 is 1.21 bits per heavy atom. The standard InChI is InChI=1S/C23H17N3O3/c1-14-7-8-15(12-18(14)23(27)28-2)21-10-9-17(29-21)11-16(13-24)22-25-19-5-3-4-6-20(19)26-22/h3-12H,1-2H3,(H,25,26)/b16-11+. The number of hydrogen-bond acceptors (Lipinski definition) is 5. The van der Waals surface area contributed by atoms with Crippen LogP contribution in [0.3, 0.4) is 0 Å². The van der Waals surface area contributed by atoms with E-state index in [-0.39, 0.29) is 0 Å². The lowest BCUT2D eigenvalue weighted by molar-refractivity contribution is 0.0600. The van der Waals surface area contributed by atoms with Crippen LogP contribution in [0.5, 0.6) is 0 Å². The van der Waals surface area contributed by atoms with Crippen molar-refractivity contribution in [2.24, 2.45) is 0 Å². The first kappa shape index (κ1) is 18.3. The Labute approximate surface area is 167 Å². The van der Waals surface area contributed by atoms with Gasteiger partial charge in [0, 0.05) is 11.6 Å². The highest BCUT2D eigenvalue weighted by Crippen LogP contribution is 2.27. The first-order chi connectivity index (χ1) is 14.1. The van der Waals surface area contributed by atoms with Crippen molar-refractivity contribution in [3.63, 3.8) is 0 Å². The predicted molar refractivity (Wildman–Crippen MR) is 110 cm³/mol. The SMILES string of the molecule is COC(=O)c1cc(-c2ccc(/C=C(\C#N)c3nc4ccccc4[nH]3)o2)ccc1C. The van der Waals surface area contributed by atoms with E-state index in [0.29, 0.717) is 28.5 Å². The first-order valence-electron chi connectivity index (χ1n) is 8.95. The molecule has 0 spiro atoms. The van der Waals surface area contributed by atoms with Gasteiger partial charge >= 0.3 is 5.97 Å². The van der Waals surface area contributed by atoms with Gasteiger partial charge in [0.05, 0.1) is 29.3 Å². The van der Waals surface area contributed by atoms with Gasteiger partial charge < -0.3 is 14.1 Å². The number of imidazole rings is 1. The van der Waals surface area contributed by atoms with Crippen LogP contribution in [0, 0.1) is 18.3 Å². The number of benzene rings is 2. The molecule has 0 fully saturated rings. The lowest BCUT2D eigenvalue weighted by Crippen LogP contribution is -2.03. The van der Waals surface area contributed by atoms with Gasteiger partial charge in [-0.2, -0.15) is 5.26 Å². The molecule has 4 rings (SSSR count). The molecule has 2 aromatic heterocycles. The maximum atomic E-state index is 11.9. The number of ether oxygens (including phenoxy) is 1. The fourth-order valence-electron chi connectivity index (χ4n) is 3.07. The average molecular weight is 383 g/mol. The van der Waals surface area contributed by atoms with Crippen LogP contribution in [0.15, 0.2) is 59.0 Å². The van der Waals surface area contributed by atoms with Gasteiger partial charge in [-0.15, -0.1) is 0 Å². The molecule has 0 amide bonds. The monoisotopic (exact) mass is 383 g/mol. The number of nitrogens with one attached hydrogen (secondary N) is 1. The molecule has 142 valence electrons. The minimum Gasteiger partial charge on any atom is -0.465 e.